The molecule has 0 aliphatic carbocycles. The lowest BCUT2D eigenvalue weighted by Gasteiger charge is -2.27. The third kappa shape index (κ3) is 3.37. The summed E-state index contributed by atoms with van der Waals surface area (Å²) in [6.07, 6.45) is 3.50. The molecule has 18 heavy (non-hydrogen) atoms. The van der Waals surface area contributed by atoms with Gasteiger partial charge in [-0.25, -0.2) is 9.80 Å². The second-order valence-electron chi connectivity index (χ2n) is 4.55. The van der Waals surface area contributed by atoms with Crippen molar-refractivity contribution < 1.29 is 4.79 Å². The van der Waals surface area contributed by atoms with Gasteiger partial charge in [-0.2, -0.15) is 0 Å². The van der Waals surface area contributed by atoms with Crippen molar-refractivity contribution in [2.45, 2.75) is 26.2 Å². The van der Waals surface area contributed by atoms with Gasteiger partial charge in [0.2, 0.25) is 0 Å². The number of halogens is 1. The molecule has 1 aliphatic heterocycles. The zero-order chi connectivity index (χ0) is 13.0. The Morgan fingerprint density at radius 2 is 2.00 bits per heavy atom. The standard InChI is InChI=1S/C13H18ClN3O/c1-10-6-5-7-11(14)12(10)15-13(18)16-17-8-3-2-4-9-17/h5-7H,2-4,8-9H2,1H3,(H2,15,16,18). The van der Waals surface area contributed by atoms with Crippen LogP contribution in [0.1, 0.15) is 24.8 Å². The lowest BCUT2D eigenvalue weighted by Crippen LogP contribution is -2.46. The highest BCUT2D eigenvalue weighted by Gasteiger charge is 2.14. The first kappa shape index (κ1) is 13.2. The van der Waals surface area contributed by atoms with E-state index in [1.165, 1.54) is 6.42 Å². The molecule has 0 spiro atoms. The highest BCUT2D eigenvalue weighted by atomic mass is 35.5. The van der Waals surface area contributed by atoms with Gasteiger partial charge in [0.05, 0.1) is 10.7 Å². The van der Waals surface area contributed by atoms with E-state index in [1.807, 2.05) is 24.1 Å². The van der Waals surface area contributed by atoms with E-state index in [0.717, 1.165) is 31.5 Å². The Morgan fingerprint density at radius 3 is 2.67 bits per heavy atom. The molecule has 1 saturated heterocycles. The van der Waals surface area contributed by atoms with Crippen molar-refractivity contribution in [3.8, 4) is 0 Å². The van der Waals surface area contributed by atoms with Crippen LogP contribution in [0.4, 0.5) is 10.5 Å². The molecule has 2 N–H and O–H groups in total. The van der Waals surface area contributed by atoms with Gasteiger partial charge in [0.15, 0.2) is 0 Å². The van der Waals surface area contributed by atoms with E-state index in [4.69, 9.17) is 11.6 Å². The Kier molecular flexibility index (Phi) is 4.44. The maximum absolute atomic E-state index is 11.9. The number of urea groups is 1. The zero-order valence-corrected chi connectivity index (χ0v) is 11.3. The van der Waals surface area contributed by atoms with Crippen LogP contribution in [0.25, 0.3) is 0 Å². The predicted molar refractivity (Wildman–Crippen MR) is 73.8 cm³/mol. The van der Waals surface area contributed by atoms with E-state index in [1.54, 1.807) is 6.07 Å². The second kappa shape index (κ2) is 6.07. The molecule has 0 unspecified atom stereocenters. The maximum Gasteiger partial charge on any atom is 0.333 e. The number of aryl methyl sites for hydroxylation is 1. The molecule has 2 rings (SSSR count). The van der Waals surface area contributed by atoms with Crippen LogP contribution in [0.15, 0.2) is 18.2 Å². The average molecular weight is 268 g/mol. The van der Waals surface area contributed by atoms with E-state index in [9.17, 15) is 4.79 Å². The predicted octanol–water partition coefficient (Wildman–Crippen LogP) is 3.17. The van der Waals surface area contributed by atoms with Gasteiger partial charge in [-0.05, 0) is 31.4 Å². The van der Waals surface area contributed by atoms with Crippen LogP contribution in [-0.4, -0.2) is 24.1 Å². The largest absolute Gasteiger partial charge is 0.333 e. The molecule has 0 saturated carbocycles. The van der Waals surface area contributed by atoms with Crippen LogP contribution < -0.4 is 10.7 Å². The van der Waals surface area contributed by atoms with Crippen molar-refractivity contribution >= 4 is 23.3 Å². The van der Waals surface area contributed by atoms with Gasteiger partial charge < -0.3 is 5.32 Å². The summed E-state index contributed by atoms with van der Waals surface area (Å²) < 4.78 is 0. The van der Waals surface area contributed by atoms with E-state index >= 15 is 0 Å². The van der Waals surface area contributed by atoms with Crippen molar-refractivity contribution in [1.29, 1.82) is 0 Å². The normalized spacial score (nSPS) is 16.3. The third-order valence-electron chi connectivity index (χ3n) is 3.08. The lowest BCUT2D eigenvalue weighted by molar-refractivity contribution is 0.162. The number of nitrogens with zero attached hydrogens (tertiary/aromatic N) is 1. The van der Waals surface area contributed by atoms with E-state index in [0.29, 0.717) is 10.7 Å². The molecule has 1 fully saturated rings. The summed E-state index contributed by atoms with van der Waals surface area (Å²) in [7, 11) is 0. The molecule has 1 aliphatic rings. The minimum absolute atomic E-state index is 0.229. The summed E-state index contributed by atoms with van der Waals surface area (Å²) in [6.45, 7) is 3.74. The molecule has 4 nitrogen and oxygen atoms in total. The van der Waals surface area contributed by atoms with Crippen molar-refractivity contribution in [1.82, 2.24) is 10.4 Å². The summed E-state index contributed by atoms with van der Waals surface area (Å²) in [6, 6.07) is 5.33. The van der Waals surface area contributed by atoms with Crippen LogP contribution in [0, 0.1) is 6.92 Å². The Bertz CT molecular complexity index is 410. The van der Waals surface area contributed by atoms with Gasteiger partial charge >= 0.3 is 6.03 Å². The van der Waals surface area contributed by atoms with Gasteiger partial charge in [0, 0.05) is 13.1 Å². The van der Waals surface area contributed by atoms with E-state index in [2.05, 4.69) is 10.7 Å². The summed E-state index contributed by atoms with van der Waals surface area (Å²) in [4.78, 5) is 11.9. The number of piperidine rings is 1. The first-order chi connectivity index (χ1) is 8.66. The second-order valence-corrected chi connectivity index (χ2v) is 4.95. The minimum atomic E-state index is -0.229. The van der Waals surface area contributed by atoms with Gasteiger partial charge in [-0.1, -0.05) is 30.2 Å². The molecule has 2 amide bonds. The molecule has 5 heteroatoms. The van der Waals surface area contributed by atoms with E-state index < -0.39 is 0 Å². The highest BCUT2D eigenvalue weighted by Crippen LogP contribution is 2.24. The van der Waals surface area contributed by atoms with Gasteiger partial charge in [0.25, 0.3) is 0 Å². The van der Waals surface area contributed by atoms with Gasteiger partial charge in [-0.15, -0.1) is 0 Å². The molecule has 1 aromatic rings. The van der Waals surface area contributed by atoms with Crippen LogP contribution in [0.3, 0.4) is 0 Å². The van der Waals surface area contributed by atoms with Crippen molar-refractivity contribution in [3.63, 3.8) is 0 Å². The molecule has 1 aromatic carbocycles. The Balaban J connectivity index is 1.94. The van der Waals surface area contributed by atoms with Crippen LogP contribution in [0.2, 0.25) is 5.02 Å². The number of rotatable bonds is 2. The van der Waals surface area contributed by atoms with Crippen LogP contribution >= 0.6 is 11.6 Å². The maximum atomic E-state index is 11.9. The van der Waals surface area contributed by atoms with E-state index in [-0.39, 0.29) is 6.03 Å². The smallest absolute Gasteiger partial charge is 0.305 e. The SMILES string of the molecule is Cc1cccc(Cl)c1NC(=O)NN1CCCCC1. The number of anilines is 1. The topological polar surface area (TPSA) is 44.4 Å². The quantitative estimate of drug-likeness (QED) is 0.864. The molecule has 0 bridgehead atoms. The summed E-state index contributed by atoms with van der Waals surface area (Å²) in [5, 5.41) is 5.31. The van der Waals surface area contributed by atoms with Crippen LogP contribution in [-0.2, 0) is 0 Å². The fraction of sp³-hybridized carbons (Fsp3) is 0.462. The number of nitrogens with one attached hydrogen (secondary N) is 2. The number of hydrazine groups is 1. The molecular weight excluding hydrogens is 250 g/mol. The Hall–Kier alpha value is -1.26. The lowest BCUT2D eigenvalue weighted by atomic mass is 10.2. The first-order valence-electron chi connectivity index (χ1n) is 6.24. The molecule has 0 aromatic heterocycles. The molecule has 0 radical (unpaired) electrons. The zero-order valence-electron chi connectivity index (χ0n) is 10.5. The fourth-order valence-electron chi connectivity index (χ4n) is 2.08. The van der Waals surface area contributed by atoms with Crippen molar-refractivity contribution in [2.75, 3.05) is 18.4 Å². The number of benzene rings is 1. The number of amides is 2. The molecule has 98 valence electrons. The number of hydrogen-bond acceptors (Lipinski definition) is 2. The fourth-order valence-corrected chi connectivity index (χ4v) is 2.35. The number of carbonyl (C=O) groups is 1. The summed E-state index contributed by atoms with van der Waals surface area (Å²) >= 11 is 6.06. The minimum Gasteiger partial charge on any atom is -0.305 e. The average Bonchev–Trinajstić information content (AvgIpc) is 2.35. The van der Waals surface area contributed by atoms with Crippen molar-refractivity contribution in [3.05, 3.63) is 28.8 Å². The Morgan fingerprint density at radius 1 is 1.28 bits per heavy atom. The molecule has 0 atom stereocenters. The number of hydrogen-bond donors (Lipinski definition) is 2. The van der Waals surface area contributed by atoms with Gasteiger partial charge in [-0.3, -0.25) is 5.43 Å². The summed E-state index contributed by atoms with van der Waals surface area (Å²) in [5.41, 5.74) is 4.48. The van der Waals surface area contributed by atoms with Crippen molar-refractivity contribution in [2.24, 2.45) is 0 Å². The third-order valence-corrected chi connectivity index (χ3v) is 3.39. The number of para-hydroxylation sites is 1. The Labute approximate surface area is 112 Å². The highest BCUT2D eigenvalue weighted by molar-refractivity contribution is 6.33. The van der Waals surface area contributed by atoms with Gasteiger partial charge in [0.1, 0.15) is 0 Å². The molecular formula is C13H18ClN3O. The molecule has 1 heterocycles. The van der Waals surface area contributed by atoms with Crippen LogP contribution in [0.5, 0.6) is 0 Å². The first-order valence-corrected chi connectivity index (χ1v) is 6.62. The monoisotopic (exact) mass is 267 g/mol. The summed E-state index contributed by atoms with van der Waals surface area (Å²) in [5.74, 6) is 0. The number of carbonyl (C=O) groups excluding carboxylic acids is 1.